The molecule has 2 unspecified atom stereocenters. The van der Waals surface area contributed by atoms with Gasteiger partial charge in [-0.2, -0.15) is 0 Å². The van der Waals surface area contributed by atoms with Crippen LogP contribution in [-0.2, 0) is 4.79 Å². The molecule has 0 aromatic carbocycles. The number of amidine groups is 2. The van der Waals surface area contributed by atoms with Gasteiger partial charge in [-0.3, -0.25) is 14.8 Å². The molecule has 1 amide bonds. The summed E-state index contributed by atoms with van der Waals surface area (Å²) < 4.78 is 0. The second kappa shape index (κ2) is 59.3. The van der Waals surface area contributed by atoms with Gasteiger partial charge in [0.15, 0.2) is 0 Å². The number of unbranched alkanes of at least 4 members (excludes halogenated alkanes) is 52. The highest BCUT2D eigenvalue weighted by atomic mass is 16.1. The molecule has 0 bridgehead atoms. The van der Waals surface area contributed by atoms with Crippen molar-refractivity contribution in [2.45, 2.75) is 431 Å². The van der Waals surface area contributed by atoms with E-state index in [2.05, 4.69) is 42.8 Å². The fourth-order valence-electron chi connectivity index (χ4n) is 14.1. The molecule has 2 atom stereocenters. The Morgan fingerprint density at radius 1 is 0.386 bits per heavy atom. The van der Waals surface area contributed by atoms with Gasteiger partial charge in [-0.25, -0.2) is 0 Å². The third kappa shape index (κ3) is 43.6. The van der Waals surface area contributed by atoms with Crippen molar-refractivity contribution in [3.8, 4) is 0 Å². The molecule has 490 valence electrons. The first-order valence-corrected chi connectivity index (χ1v) is 38.6. The Morgan fingerprint density at radius 2 is 0.675 bits per heavy atom. The van der Waals surface area contributed by atoms with Crippen molar-refractivity contribution in [3.63, 3.8) is 0 Å². The lowest BCUT2D eigenvalue weighted by atomic mass is 9.79. The minimum atomic E-state index is -0.243. The number of aliphatic imine (C=N–C) groups is 2. The molecule has 0 aromatic heterocycles. The van der Waals surface area contributed by atoms with Crippen LogP contribution in [0.15, 0.2) is 9.98 Å². The lowest BCUT2D eigenvalue weighted by Gasteiger charge is -2.49. The predicted molar refractivity (Wildman–Crippen MR) is 371 cm³/mol. The monoisotopic (exact) mass is 1160 g/mol. The number of nitrogens with zero attached hydrogens (tertiary/aromatic N) is 4. The number of carbonyl (C=O) groups excluding carboxylic acids is 1. The zero-order valence-electron chi connectivity index (χ0n) is 57.2. The van der Waals surface area contributed by atoms with E-state index in [9.17, 15) is 4.79 Å². The molecule has 0 aromatic rings. The molecule has 0 saturated carbocycles. The molecule has 2 heterocycles. The lowest BCUT2D eigenvalue weighted by molar-refractivity contribution is -0.121. The van der Waals surface area contributed by atoms with Gasteiger partial charge in [0.05, 0.1) is 30.3 Å². The van der Waals surface area contributed by atoms with Crippen LogP contribution in [0.3, 0.4) is 0 Å². The second-order valence-corrected chi connectivity index (χ2v) is 27.4. The first-order chi connectivity index (χ1) is 41.0. The second-order valence-electron chi connectivity index (χ2n) is 27.4. The maximum absolute atomic E-state index is 13.7. The Balaban J connectivity index is 2.06. The molecular weight excluding hydrogens is 1010 g/mol. The summed E-state index contributed by atoms with van der Waals surface area (Å²) in [6.07, 6.45) is 81.6. The Bertz CT molecular complexity index is 1430. The largest absolute Gasteiger partial charge is 0.357 e. The quantitative estimate of drug-likeness (QED) is 0.0594. The maximum Gasteiger partial charge on any atom is 0.219 e. The Morgan fingerprint density at radius 3 is 1.04 bits per heavy atom. The predicted octanol–water partition coefficient (Wildman–Crippen LogP) is 23.5. The number of hydrogen-bond donors (Lipinski definition) is 2. The number of hydrogen-bond acceptors (Lipinski definition) is 6. The van der Waals surface area contributed by atoms with Gasteiger partial charge in [0.25, 0.3) is 0 Å². The van der Waals surface area contributed by atoms with E-state index < -0.39 is 0 Å². The van der Waals surface area contributed by atoms with Gasteiger partial charge in [0, 0.05) is 51.5 Å². The fraction of sp³-hybridized carbons (Fsp3) is 0.961. The topological polar surface area (TPSA) is 86.3 Å². The molecule has 0 aliphatic carbocycles. The molecule has 0 saturated heterocycles. The summed E-state index contributed by atoms with van der Waals surface area (Å²) in [7, 11) is 0. The van der Waals surface area contributed by atoms with E-state index in [1.165, 1.54) is 365 Å². The van der Waals surface area contributed by atoms with Gasteiger partial charge < -0.3 is 20.9 Å². The highest BCUT2D eigenvalue weighted by molar-refractivity contribution is 5.85. The van der Waals surface area contributed by atoms with Gasteiger partial charge >= 0.3 is 0 Å². The van der Waals surface area contributed by atoms with E-state index in [0.29, 0.717) is 13.0 Å². The van der Waals surface area contributed by atoms with Crippen LogP contribution in [0, 0.1) is 0 Å². The number of nitrogens with one attached hydrogen (secondary N) is 1. The van der Waals surface area contributed by atoms with Crippen LogP contribution < -0.4 is 11.1 Å². The standard InChI is InChI=1S/C76H150N6O/c1-5-9-13-17-21-25-29-33-36-39-43-47-51-55-59-63-75(83)80-66-65-76(64-60-56-52-48-44-40-37-34-30-26-22-18-14-10-6-2,82-70-68-79-74(82)62-58-54-50-46-42-38-35-31-27-23-19-15-11-7-3)72(77)71-81-69-67-78-73(81)61-57-53-49-45-41-32-28-24-20-16-12-8-4/h72H,5-71,77H2,1-4H3,(H,80,83). The summed E-state index contributed by atoms with van der Waals surface area (Å²) in [4.78, 5) is 29.5. The molecule has 2 rings (SSSR count). The van der Waals surface area contributed by atoms with Gasteiger partial charge in [0.2, 0.25) is 5.91 Å². The highest BCUT2D eigenvalue weighted by Crippen LogP contribution is 2.35. The third-order valence-electron chi connectivity index (χ3n) is 19.7. The van der Waals surface area contributed by atoms with Crippen LogP contribution in [0.1, 0.15) is 419 Å². The van der Waals surface area contributed by atoms with Crippen LogP contribution in [-0.4, -0.2) is 78.2 Å². The third-order valence-corrected chi connectivity index (χ3v) is 19.7. The van der Waals surface area contributed by atoms with Gasteiger partial charge in [-0.15, -0.1) is 0 Å². The van der Waals surface area contributed by atoms with E-state index in [1.54, 1.807) is 0 Å². The van der Waals surface area contributed by atoms with Crippen molar-refractivity contribution in [3.05, 3.63) is 0 Å². The SMILES string of the molecule is CCCCCCCCCCCCCCCCCC(=O)NCCC(CCCCCCCCCCCCCCCCC)(C(N)CN1CCN=C1CCCCCCCCCCCCCC)N1CCN=C1CCCCCCCCCCCCCCCC. The molecule has 83 heavy (non-hydrogen) atoms. The molecule has 2 aliphatic rings. The van der Waals surface area contributed by atoms with Gasteiger partial charge in [0.1, 0.15) is 0 Å². The molecule has 7 nitrogen and oxygen atoms in total. The number of carbonyl (C=O) groups is 1. The fourth-order valence-corrected chi connectivity index (χ4v) is 14.1. The molecule has 2 aliphatic heterocycles. The first-order valence-electron chi connectivity index (χ1n) is 38.6. The van der Waals surface area contributed by atoms with Crippen LogP contribution in [0.4, 0.5) is 0 Å². The van der Waals surface area contributed by atoms with Crippen LogP contribution in [0.25, 0.3) is 0 Å². The molecule has 3 N–H and O–H groups in total. The summed E-state index contributed by atoms with van der Waals surface area (Å²) >= 11 is 0. The van der Waals surface area contributed by atoms with Crippen molar-refractivity contribution in [2.75, 3.05) is 39.3 Å². The summed E-state index contributed by atoms with van der Waals surface area (Å²) in [6, 6.07) is -0.0495. The summed E-state index contributed by atoms with van der Waals surface area (Å²) in [5, 5.41) is 3.50. The van der Waals surface area contributed by atoms with Crippen molar-refractivity contribution in [1.29, 1.82) is 0 Å². The first kappa shape index (κ1) is 77.5. The highest BCUT2D eigenvalue weighted by Gasteiger charge is 2.45. The van der Waals surface area contributed by atoms with E-state index >= 15 is 0 Å². The van der Waals surface area contributed by atoms with Crippen molar-refractivity contribution in [2.24, 2.45) is 15.7 Å². The Hall–Kier alpha value is -1.63. The van der Waals surface area contributed by atoms with E-state index in [4.69, 9.17) is 15.7 Å². The summed E-state index contributed by atoms with van der Waals surface area (Å²) in [6.45, 7) is 14.5. The van der Waals surface area contributed by atoms with Gasteiger partial charge in [-0.1, -0.05) is 368 Å². The van der Waals surface area contributed by atoms with Crippen LogP contribution in [0.2, 0.25) is 0 Å². The average molecular weight is 1160 g/mol. The molecule has 0 radical (unpaired) electrons. The molecule has 0 spiro atoms. The van der Waals surface area contributed by atoms with Crippen molar-refractivity contribution in [1.82, 2.24) is 15.1 Å². The zero-order valence-corrected chi connectivity index (χ0v) is 57.2. The molecular formula is C76H150N6O. The summed E-state index contributed by atoms with van der Waals surface area (Å²) in [5.41, 5.74) is 7.61. The van der Waals surface area contributed by atoms with Crippen LogP contribution in [0.5, 0.6) is 0 Å². The minimum Gasteiger partial charge on any atom is -0.357 e. The van der Waals surface area contributed by atoms with E-state index in [0.717, 1.165) is 64.8 Å². The summed E-state index contributed by atoms with van der Waals surface area (Å²) in [5.74, 6) is 2.86. The van der Waals surface area contributed by atoms with Gasteiger partial charge in [-0.05, 0) is 32.1 Å². The minimum absolute atomic E-state index is 0.0495. The molecule has 7 heteroatoms. The lowest BCUT2D eigenvalue weighted by Crippen LogP contribution is -2.65. The zero-order chi connectivity index (χ0) is 59.5. The average Bonchev–Trinajstić information content (AvgIpc) is 4.08. The normalized spacial score (nSPS) is 14.7. The Kier molecular flexibility index (Phi) is 55.4. The number of rotatable bonds is 67. The number of nitrogens with two attached hydrogens (primary N) is 1. The smallest absolute Gasteiger partial charge is 0.219 e. The Labute approximate surface area is 520 Å². The van der Waals surface area contributed by atoms with E-state index in [1.807, 2.05) is 0 Å². The van der Waals surface area contributed by atoms with E-state index in [-0.39, 0.29) is 17.5 Å². The number of amides is 1. The van der Waals surface area contributed by atoms with Crippen LogP contribution >= 0.6 is 0 Å². The molecule has 0 fully saturated rings. The van der Waals surface area contributed by atoms with Crippen molar-refractivity contribution < 1.29 is 4.79 Å². The maximum atomic E-state index is 13.7. The van der Waals surface area contributed by atoms with Crippen molar-refractivity contribution >= 4 is 17.6 Å².